The number of carbonyl (C=O) groups is 1. The number of aromatic nitrogens is 1. The molecule has 3 atom stereocenters. The number of amides is 1. The summed E-state index contributed by atoms with van der Waals surface area (Å²) in [7, 11) is 0. The normalized spacial score (nSPS) is 29.1. The number of carbonyl (C=O) groups excluding carboxylic acids is 1. The fraction of sp³-hybridized carbons (Fsp3) is 0.438. The lowest BCUT2D eigenvalue weighted by Gasteiger charge is -2.19. The van der Waals surface area contributed by atoms with Gasteiger partial charge < -0.3 is 15.0 Å². The summed E-state index contributed by atoms with van der Waals surface area (Å²) < 4.78 is 0. The number of hydrogen-bond donors (Lipinski definition) is 2. The molecule has 2 fully saturated rings. The number of aliphatic hydroxyl groups excluding tert-OH is 1. The number of hydrogen-bond acceptors (Lipinski definition) is 2. The lowest BCUT2D eigenvalue weighted by Crippen LogP contribution is -2.31. The monoisotopic (exact) mass is 270 g/mol. The molecule has 4 nitrogen and oxygen atoms in total. The smallest absolute Gasteiger partial charge is 0.256 e. The first kappa shape index (κ1) is 12.0. The third kappa shape index (κ3) is 1.68. The number of nitrogens with one attached hydrogen (secondary N) is 1. The molecular formula is C16H18N2O2. The topological polar surface area (TPSA) is 56.3 Å². The van der Waals surface area contributed by atoms with E-state index in [-0.39, 0.29) is 17.9 Å². The minimum atomic E-state index is -0.223. The molecule has 1 amide bonds. The van der Waals surface area contributed by atoms with Crippen molar-refractivity contribution in [1.29, 1.82) is 0 Å². The molecular weight excluding hydrogens is 252 g/mol. The van der Waals surface area contributed by atoms with E-state index in [4.69, 9.17) is 0 Å². The highest BCUT2D eigenvalue weighted by Gasteiger charge is 2.43. The van der Waals surface area contributed by atoms with Crippen molar-refractivity contribution in [3.05, 3.63) is 36.0 Å². The Hall–Kier alpha value is -1.81. The second-order valence-electron chi connectivity index (χ2n) is 6.03. The molecule has 1 aromatic carbocycles. The Kier molecular flexibility index (Phi) is 2.60. The number of H-pyrrole nitrogens is 1. The summed E-state index contributed by atoms with van der Waals surface area (Å²) in [5, 5.41) is 11.0. The molecule has 0 radical (unpaired) electrons. The van der Waals surface area contributed by atoms with E-state index >= 15 is 0 Å². The predicted molar refractivity (Wildman–Crippen MR) is 76.4 cm³/mol. The fourth-order valence-electron chi connectivity index (χ4n) is 3.84. The third-order valence-electron chi connectivity index (χ3n) is 4.92. The summed E-state index contributed by atoms with van der Waals surface area (Å²) in [6.07, 6.45) is 3.58. The largest absolute Gasteiger partial charge is 0.393 e. The average Bonchev–Trinajstić information content (AvgIpc) is 3.14. The number of rotatable bonds is 1. The lowest BCUT2D eigenvalue weighted by atomic mass is 10.00. The van der Waals surface area contributed by atoms with Crippen molar-refractivity contribution >= 4 is 16.8 Å². The third-order valence-corrected chi connectivity index (χ3v) is 4.92. The van der Waals surface area contributed by atoms with E-state index in [2.05, 4.69) is 4.98 Å². The predicted octanol–water partition coefficient (Wildman–Crippen LogP) is 2.01. The van der Waals surface area contributed by atoms with Crippen molar-refractivity contribution < 1.29 is 9.90 Å². The zero-order valence-corrected chi connectivity index (χ0v) is 11.2. The molecule has 0 spiro atoms. The number of aliphatic hydroxyl groups is 1. The van der Waals surface area contributed by atoms with E-state index in [0.29, 0.717) is 12.5 Å². The summed E-state index contributed by atoms with van der Waals surface area (Å²) in [5.74, 6) is 0.846. The minimum absolute atomic E-state index is 0.0830. The van der Waals surface area contributed by atoms with Gasteiger partial charge in [0.25, 0.3) is 5.91 Å². The summed E-state index contributed by atoms with van der Waals surface area (Å²) in [6.45, 7) is 1.49. The minimum Gasteiger partial charge on any atom is -0.393 e. The molecule has 0 bridgehead atoms. The standard InChI is InChI=1S/C16H18N2O2/c19-14-5-4-11-8-18(9-13(11)14)16(20)12-3-1-2-10-6-7-17-15(10)12/h1-3,6-7,11,13-14,17,19H,4-5,8-9H2. The highest BCUT2D eigenvalue weighted by molar-refractivity contribution is 6.05. The van der Waals surface area contributed by atoms with Gasteiger partial charge in [-0.15, -0.1) is 0 Å². The van der Waals surface area contributed by atoms with Gasteiger partial charge >= 0.3 is 0 Å². The Morgan fingerprint density at radius 3 is 3.00 bits per heavy atom. The molecule has 104 valence electrons. The van der Waals surface area contributed by atoms with Crippen LogP contribution in [-0.2, 0) is 0 Å². The molecule has 20 heavy (non-hydrogen) atoms. The Morgan fingerprint density at radius 2 is 2.15 bits per heavy atom. The van der Waals surface area contributed by atoms with Gasteiger partial charge in [-0.3, -0.25) is 4.79 Å². The first-order chi connectivity index (χ1) is 9.74. The van der Waals surface area contributed by atoms with Gasteiger partial charge in [0.1, 0.15) is 0 Å². The highest BCUT2D eigenvalue weighted by Crippen LogP contribution is 2.38. The Labute approximate surface area is 117 Å². The quantitative estimate of drug-likeness (QED) is 0.833. The highest BCUT2D eigenvalue weighted by atomic mass is 16.3. The Bertz CT molecular complexity index is 663. The van der Waals surface area contributed by atoms with Crippen LogP contribution in [0, 0.1) is 11.8 Å². The number of para-hydroxylation sites is 1. The van der Waals surface area contributed by atoms with Gasteiger partial charge in [0.15, 0.2) is 0 Å². The average molecular weight is 270 g/mol. The first-order valence-electron chi connectivity index (χ1n) is 7.27. The van der Waals surface area contributed by atoms with Crippen LogP contribution in [0.15, 0.2) is 30.5 Å². The number of likely N-dealkylation sites (tertiary alicyclic amines) is 1. The van der Waals surface area contributed by atoms with Crippen molar-refractivity contribution in [2.45, 2.75) is 18.9 Å². The van der Waals surface area contributed by atoms with Crippen LogP contribution in [0.1, 0.15) is 23.2 Å². The molecule has 2 heterocycles. The first-order valence-corrected chi connectivity index (χ1v) is 7.27. The van der Waals surface area contributed by atoms with E-state index in [1.165, 1.54) is 0 Å². The summed E-state index contributed by atoms with van der Waals surface area (Å²) in [5.41, 5.74) is 1.65. The van der Waals surface area contributed by atoms with Crippen LogP contribution in [0.25, 0.3) is 10.9 Å². The van der Waals surface area contributed by atoms with Crippen LogP contribution in [0.2, 0.25) is 0 Å². The van der Waals surface area contributed by atoms with Crippen LogP contribution in [0.3, 0.4) is 0 Å². The zero-order chi connectivity index (χ0) is 13.7. The van der Waals surface area contributed by atoms with Crippen LogP contribution >= 0.6 is 0 Å². The van der Waals surface area contributed by atoms with Crippen LogP contribution in [0.5, 0.6) is 0 Å². The summed E-state index contributed by atoms with van der Waals surface area (Å²) >= 11 is 0. The molecule has 2 N–H and O–H groups in total. The van der Waals surface area contributed by atoms with Gasteiger partial charge in [-0.25, -0.2) is 0 Å². The van der Waals surface area contributed by atoms with Gasteiger partial charge in [0.2, 0.25) is 0 Å². The SMILES string of the molecule is O=C(c1cccc2cc[nH]c12)N1CC2CCC(O)C2C1. The Morgan fingerprint density at radius 1 is 1.25 bits per heavy atom. The molecule has 2 aromatic rings. The molecule has 1 aromatic heterocycles. The molecule has 1 aliphatic carbocycles. The van der Waals surface area contributed by atoms with Crippen LogP contribution in [0.4, 0.5) is 0 Å². The van der Waals surface area contributed by atoms with E-state index < -0.39 is 0 Å². The van der Waals surface area contributed by atoms with E-state index in [0.717, 1.165) is 35.9 Å². The molecule has 4 rings (SSSR count). The van der Waals surface area contributed by atoms with Crippen LogP contribution in [-0.4, -0.2) is 40.1 Å². The number of aromatic amines is 1. The van der Waals surface area contributed by atoms with E-state index in [1.54, 1.807) is 0 Å². The van der Waals surface area contributed by atoms with Crippen molar-refractivity contribution in [3.8, 4) is 0 Å². The van der Waals surface area contributed by atoms with Crippen LogP contribution < -0.4 is 0 Å². The van der Waals surface area contributed by atoms with Gasteiger partial charge in [0, 0.05) is 30.6 Å². The van der Waals surface area contributed by atoms with Gasteiger partial charge in [-0.05, 0) is 30.9 Å². The lowest BCUT2D eigenvalue weighted by molar-refractivity contribution is 0.0754. The van der Waals surface area contributed by atoms with E-state index in [1.807, 2.05) is 35.4 Å². The fourth-order valence-corrected chi connectivity index (χ4v) is 3.84. The summed E-state index contributed by atoms with van der Waals surface area (Å²) in [6, 6.07) is 7.79. The van der Waals surface area contributed by atoms with Crippen molar-refractivity contribution in [1.82, 2.24) is 9.88 Å². The van der Waals surface area contributed by atoms with Crippen molar-refractivity contribution in [3.63, 3.8) is 0 Å². The summed E-state index contributed by atoms with van der Waals surface area (Å²) in [4.78, 5) is 17.8. The molecule has 1 saturated heterocycles. The maximum Gasteiger partial charge on any atom is 0.256 e. The van der Waals surface area contributed by atoms with E-state index in [9.17, 15) is 9.90 Å². The molecule has 4 heteroatoms. The van der Waals surface area contributed by atoms with Gasteiger partial charge in [-0.2, -0.15) is 0 Å². The molecule has 3 unspecified atom stereocenters. The molecule has 1 saturated carbocycles. The zero-order valence-electron chi connectivity index (χ0n) is 11.2. The maximum atomic E-state index is 12.7. The number of fused-ring (bicyclic) bond motifs is 2. The Balaban J connectivity index is 1.64. The second kappa shape index (κ2) is 4.35. The number of nitrogens with zero attached hydrogens (tertiary/aromatic N) is 1. The van der Waals surface area contributed by atoms with Crippen molar-refractivity contribution in [2.75, 3.05) is 13.1 Å². The second-order valence-corrected chi connectivity index (χ2v) is 6.03. The number of benzene rings is 1. The van der Waals surface area contributed by atoms with Crippen molar-refractivity contribution in [2.24, 2.45) is 11.8 Å². The van der Waals surface area contributed by atoms with Gasteiger partial charge in [-0.1, -0.05) is 12.1 Å². The van der Waals surface area contributed by atoms with Gasteiger partial charge in [0.05, 0.1) is 17.2 Å². The maximum absolute atomic E-state index is 12.7. The molecule has 1 aliphatic heterocycles. The molecule has 2 aliphatic rings.